The van der Waals surface area contributed by atoms with Crippen LogP contribution in [0.25, 0.3) is 0 Å². The number of methoxy groups -OCH3 is 1. The molecule has 0 saturated heterocycles. The van der Waals surface area contributed by atoms with Crippen molar-refractivity contribution in [3.8, 4) is 0 Å². The number of ketones is 2. The largest absolute Gasteiger partial charge is 0.450 e. The van der Waals surface area contributed by atoms with E-state index in [0.717, 1.165) is 0 Å². The van der Waals surface area contributed by atoms with E-state index in [2.05, 4.69) is 0 Å². The Balaban J connectivity index is 1.84. The SMILES string of the molecule is CCC(=O)O[C@]1(C(=O)COC)[C@@H](C)C[C@H]2[C@@H]3CCC4=CC(=O)C=C[C@]4(C)C3(F)[C@@H](O)C[C@@]21C. The molecule has 8 atom stereocenters. The van der Waals surface area contributed by atoms with Crippen LogP contribution in [-0.2, 0) is 23.9 Å². The summed E-state index contributed by atoms with van der Waals surface area (Å²) < 4.78 is 28.4. The standard InChI is InChI=1S/C26H35FO6/c1-6-22(31)33-26(21(30)14-32-5)15(2)11-19-18-8-7-16-12-17(28)9-10-23(16,3)25(18,27)20(29)13-24(19,26)4/h9-10,12,15,18-20,29H,6-8,11,13-14H2,1-5H3/t15-,18-,19-,20-,23-,24-,25?,26-/m0/s1. The van der Waals surface area contributed by atoms with Crippen LogP contribution in [0.15, 0.2) is 23.8 Å². The summed E-state index contributed by atoms with van der Waals surface area (Å²) in [5, 5.41) is 11.5. The van der Waals surface area contributed by atoms with Crippen LogP contribution in [-0.4, -0.2) is 53.7 Å². The molecule has 0 bridgehead atoms. The molecule has 1 unspecified atom stereocenters. The van der Waals surface area contributed by atoms with Gasteiger partial charge in [-0.15, -0.1) is 0 Å². The van der Waals surface area contributed by atoms with Gasteiger partial charge in [-0.25, -0.2) is 4.39 Å². The molecule has 4 aliphatic rings. The number of carbonyl (C=O) groups excluding carboxylic acids is 3. The molecule has 3 saturated carbocycles. The summed E-state index contributed by atoms with van der Waals surface area (Å²) in [4.78, 5) is 38.1. The number of carbonyl (C=O) groups is 3. The number of hydrogen-bond acceptors (Lipinski definition) is 6. The number of aliphatic hydroxyl groups is 1. The number of hydrogen-bond donors (Lipinski definition) is 1. The summed E-state index contributed by atoms with van der Waals surface area (Å²) in [6.45, 7) is 6.96. The lowest BCUT2D eigenvalue weighted by Crippen LogP contribution is -2.70. The van der Waals surface area contributed by atoms with Gasteiger partial charge in [0, 0.05) is 36.2 Å². The fourth-order valence-electron chi connectivity index (χ4n) is 7.89. The smallest absolute Gasteiger partial charge is 0.306 e. The lowest BCUT2D eigenvalue weighted by Gasteiger charge is -2.62. The van der Waals surface area contributed by atoms with E-state index >= 15 is 4.39 Å². The zero-order valence-corrected chi connectivity index (χ0v) is 20.2. The lowest BCUT2D eigenvalue weighted by atomic mass is 9.44. The Kier molecular flexibility index (Phi) is 5.77. The van der Waals surface area contributed by atoms with Gasteiger partial charge in [-0.1, -0.05) is 32.4 Å². The molecule has 6 nitrogen and oxygen atoms in total. The first-order valence-electron chi connectivity index (χ1n) is 12.0. The predicted molar refractivity (Wildman–Crippen MR) is 119 cm³/mol. The van der Waals surface area contributed by atoms with Crippen molar-refractivity contribution in [2.75, 3.05) is 13.7 Å². The Morgan fingerprint density at radius 1 is 1.27 bits per heavy atom. The first-order chi connectivity index (χ1) is 15.4. The Morgan fingerprint density at radius 2 is 1.97 bits per heavy atom. The molecule has 3 fully saturated rings. The second-order valence-corrected chi connectivity index (χ2v) is 10.8. The van der Waals surface area contributed by atoms with Gasteiger partial charge in [-0.2, -0.15) is 0 Å². The van der Waals surface area contributed by atoms with Crippen LogP contribution in [0.5, 0.6) is 0 Å². The number of esters is 1. The zero-order chi connectivity index (χ0) is 24.4. The van der Waals surface area contributed by atoms with Crippen LogP contribution < -0.4 is 0 Å². The van der Waals surface area contributed by atoms with Crippen molar-refractivity contribution in [2.45, 2.75) is 77.2 Å². The van der Waals surface area contributed by atoms with Gasteiger partial charge in [0.25, 0.3) is 0 Å². The molecule has 182 valence electrons. The van der Waals surface area contributed by atoms with Gasteiger partial charge >= 0.3 is 5.97 Å². The summed E-state index contributed by atoms with van der Waals surface area (Å²) in [6, 6.07) is 0. The second-order valence-electron chi connectivity index (χ2n) is 10.8. The molecule has 0 heterocycles. The Labute approximate surface area is 194 Å². The number of ether oxygens (including phenoxy) is 2. The molecule has 0 aromatic carbocycles. The minimum absolute atomic E-state index is 0.0217. The maximum atomic E-state index is 17.3. The van der Waals surface area contributed by atoms with Crippen LogP contribution in [0.1, 0.15) is 59.8 Å². The molecule has 4 aliphatic carbocycles. The first-order valence-corrected chi connectivity index (χ1v) is 12.0. The number of fused-ring (bicyclic) bond motifs is 5. The average molecular weight is 463 g/mol. The minimum Gasteiger partial charge on any atom is -0.450 e. The highest BCUT2D eigenvalue weighted by Crippen LogP contribution is 2.71. The molecule has 0 aliphatic heterocycles. The van der Waals surface area contributed by atoms with Crippen LogP contribution in [0.3, 0.4) is 0 Å². The summed E-state index contributed by atoms with van der Waals surface area (Å²) >= 11 is 0. The predicted octanol–water partition coefficient (Wildman–Crippen LogP) is 3.51. The molecular weight excluding hydrogens is 427 g/mol. The van der Waals surface area contributed by atoms with Gasteiger partial charge in [0.05, 0.1) is 6.10 Å². The van der Waals surface area contributed by atoms with Crippen molar-refractivity contribution in [1.29, 1.82) is 0 Å². The number of halogens is 1. The molecule has 4 rings (SSSR count). The van der Waals surface area contributed by atoms with Crippen LogP contribution in [0.4, 0.5) is 4.39 Å². The van der Waals surface area contributed by atoms with E-state index in [1.54, 1.807) is 19.9 Å². The summed E-state index contributed by atoms with van der Waals surface area (Å²) in [6.07, 6.45) is 4.71. The van der Waals surface area contributed by atoms with Crippen molar-refractivity contribution in [3.05, 3.63) is 23.8 Å². The van der Waals surface area contributed by atoms with Crippen molar-refractivity contribution in [2.24, 2.45) is 28.6 Å². The van der Waals surface area contributed by atoms with Crippen molar-refractivity contribution >= 4 is 17.5 Å². The Morgan fingerprint density at radius 3 is 2.61 bits per heavy atom. The van der Waals surface area contributed by atoms with E-state index in [-0.39, 0.29) is 42.9 Å². The number of alkyl halides is 1. The van der Waals surface area contributed by atoms with Gasteiger partial charge in [-0.05, 0) is 50.7 Å². The van der Waals surface area contributed by atoms with Gasteiger partial charge in [0.2, 0.25) is 5.78 Å². The summed E-state index contributed by atoms with van der Waals surface area (Å²) in [5.41, 5.74) is -4.82. The molecule has 0 aromatic heterocycles. The normalized spacial score (nSPS) is 46.2. The van der Waals surface area contributed by atoms with Crippen molar-refractivity contribution in [3.63, 3.8) is 0 Å². The molecule has 0 aromatic rings. The number of allylic oxidation sites excluding steroid dienone is 4. The third-order valence-corrected chi connectivity index (χ3v) is 9.43. The summed E-state index contributed by atoms with van der Waals surface area (Å²) in [5.74, 6) is -2.18. The Hall–Kier alpha value is -1.86. The van der Waals surface area contributed by atoms with Crippen LogP contribution in [0.2, 0.25) is 0 Å². The topological polar surface area (TPSA) is 89.9 Å². The minimum atomic E-state index is -1.99. The quantitative estimate of drug-likeness (QED) is 0.629. The highest BCUT2D eigenvalue weighted by atomic mass is 19.1. The fraction of sp³-hybridized carbons (Fsp3) is 0.731. The molecule has 0 amide bonds. The average Bonchev–Trinajstić information content (AvgIpc) is 2.97. The molecule has 0 spiro atoms. The zero-order valence-electron chi connectivity index (χ0n) is 20.2. The molecule has 7 heteroatoms. The third kappa shape index (κ3) is 2.94. The van der Waals surface area contributed by atoms with Gasteiger partial charge < -0.3 is 14.6 Å². The van der Waals surface area contributed by atoms with Crippen LogP contribution in [0, 0.1) is 28.6 Å². The monoisotopic (exact) mass is 462 g/mol. The Bertz CT molecular complexity index is 941. The number of rotatable bonds is 5. The van der Waals surface area contributed by atoms with Gasteiger partial charge in [0.15, 0.2) is 17.1 Å². The molecule has 0 radical (unpaired) electrons. The second kappa shape index (κ2) is 7.84. The maximum Gasteiger partial charge on any atom is 0.306 e. The number of aliphatic hydroxyl groups excluding tert-OH is 1. The highest BCUT2D eigenvalue weighted by Gasteiger charge is 2.77. The first kappa shape index (κ1) is 24.3. The van der Waals surface area contributed by atoms with E-state index in [0.29, 0.717) is 24.8 Å². The maximum absolute atomic E-state index is 17.3. The number of Topliss-reactive ketones (excluding diaryl/α,β-unsaturated/α-hetero) is 1. The lowest BCUT2D eigenvalue weighted by molar-refractivity contribution is -0.228. The molecule has 1 N–H and O–H groups in total. The van der Waals surface area contributed by atoms with E-state index in [4.69, 9.17) is 9.47 Å². The fourth-order valence-corrected chi connectivity index (χ4v) is 7.89. The molecule has 33 heavy (non-hydrogen) atoms. The van der Waals surface area contributed by atoms with Crippen LogP contribution >= 0.6 is 0 Å². The summed E-state index contributed by atoms with van der Waals surface area (Å²) in [7, 11) is 1.42. The van der Waals surface area contributed by atoms with E-state index < -0.39 is 40.1 Å². The third-order valence-electron chi connectivity index (χ3n) is 9.43. The van der Waals surface area contributed by atoms with E-state index in [1.165, 1.54) is 19.3 Å². The van der Waals surface area contributed by atoms with Crippen molar-refractivity contribution in [1.82, 2.24) is 0 Å². The van der Waals surface area contributed by atoms with E-state index in [1.807, 2.05) is 13.8 Å². The van der Waals surface area contributed by atoms with Gasteiger partial charge in [0.1, 0.15) is 6.61 Å². The molecular formula is C26H35FO6. The highest BCUT2D eigenvalue weighted by molar-refractivity contribution is 6.01. The van der Waals surface area contributed by atoms with E-state index in [9.17, 15) is 19.5 Å². The van der Waals surface area contributed by atoms with Crippen molar-refractivity contribution < 1.29 is 33.4 Å². The van der Waals surface area contributed by atoms with Gasteiger partial charge in [-0.3, -0.25) is 14.4 Å².